The van der Waals surface area contributed by atoms with Crippen LogP contribution in [0.15, 0.2) is 87.0 Å². The molecule has 0 N–H and O–H groups in total. The molecule has 4 heteroatoms. The molecule has 0 saturated carbocycles. The number of halogens is 1. The van der Waals surface area contributed by atoms with Crippen LogP contribution in [0.3, 0.4) is 0 Å². The molecule has 0 spiro atoms. The van der Waals surface area contributed by atoms with Gasteiger partial charge in [-0.1, -0.05) is 46.3 Å². The fourth-order valence-electron chi connectivity index (χ4n) is 2.85. The Morgan fingerprint density at radius 1 is 0.957 bits per heavy atom. The maximum atomic E-state index is 5.65. The number of hydrazone groups is 1. The Morgan fingerprint density at radius 2 is 1.74 bits per heavy atom. The summed E-state index contributed by atoms with van der Waals surface area (Å²) in [5.74, 6) is 0.935. The zero-order valence-corrected chi connectivity index (χ0v) is 14.0. The highest BCUT2D eigenvalue weighted by Gasteiger charge is 2.31. The van der Waals surface area contributed by atoms with E-state index >= 15 is 0 Å². The Morgan fingerprint density at radius 3 is 2.43 bits per heavy atom. The van der Waals surface area contributed by atoms with Crippen molar-refractivity contribution in [1.82, 2.24) is 0 Å². The van der Waals surface area contributed by atoms with E-state index in [9.17, 15) is 0 Å². The third kappa shape index (κ3) is 2.82. The average molecular weight is 367 g/mol. The van der Waals surface area contributed by atoms with Crippen LogP contribution in [-0.4, -0.2) is 5.71 Å². The van der Waals surface area contributed by atoms with Gasteiger partial charge in [0.25, 0.3) is 0 Å². The van der Waals surface area contributed by atoms with Gasteiger partial charge in [-0.15, -0.1) is 0 Å². The van der Waals surface area contributed by atoms with E-state index in [2.05, 4.69) is 45.2 Å². The summed E-state index contributed by atoms with van der Waals surface area (Å²) in [5.41, 5.74) is 3.28. The molecule has 0 bridgehead atoms. The molecule has 23 heavy (non-hydrogen) atoms. The van der Waals surface area contributed by atoms with Crippen molar-refractivity contribution in [2.45, 2.75) is 12.5 Å². The van der Waals surface area contributed by atoms with E-state index in [1.165, 1.54) is 0 Å². The molecule has 2 heterocycles. The van der Waals surface area contributed by atoms with Gasteiger partial charge >= 0.3 is 0 Å². The van der Waals surface area contributed by atoms with Crippen molar-refractivity contribution in [2.75, 3.05) is 5.01 Å². The second-order valence-corrected chi connectivity index (χ2v) is 6.38. The zero-order chi connectivity index (χ0) is 15.6. The molecule has 0 fully saturated rings. The Hall–Kier alpha value is -2.33. The van der Waals surface area contributed by atoms with E-state index in [0.717, 1.165) is 33.6 Å². The second kappa shape index (κ2) is 6.05. The van der Waals surface area contributed by atoms with Crippen molar-refractivity contribution >= 4 is 27.3 Å². The molecule has 3 aromatic rings. The topological polar surface area (TPSA) is 28.7 Å². The predicted octanol–water partition coefficient (Wildman–Crippen LogP) is 5.40. The van der Waals surface area contributed by atoms with Crippen LogP contribution in [0.4, 0.5) is 5.69 Å². The molecule has 114 valence electrons. The van der Waals surface area contributed by atoms with E-state index in [1.54, 1.807) is 6.26 Å². The van der Waals surface area contributed by atoms with Crippen LogP contribution < -0.4 is 5.01 Å². The van der Waals surface area contributed by atoms with Gasteiger partial charge in [0.15, 0.2) is 0 Å². The lowest BCUT2D eigenvalue weighted by atomic mass is 10.0. The van der Waals surface area contributed by atoms with Gasteiger partial charge in [-0.05, 0) is 42.0 Å². The first-order valence-electron chi connectivity index (χ1n) is 7.52. The zero-order valence-electron chi connectivity index (χ0n) is 12.4. The third-order valence-electron chi connectivity index (χ3n) is 3.98. The van der Waals surface area contributed by atoms with Crippen LogP contribution in [0.25, 0.3) is 0 Å². The fourth-order valence-corrected chi connectivity index (χ4v) is 3.11. The molecule has 1 aliphatic rings. The molecule has 1 aromatic heterocycles. The van der Waals surface area contributed by atoms with E-state index in [1.807, 2.05) is 42.5 Å². The fraction of sp³-hybridized carbons (Fsp3) is 0.105. The van der Waals surface area contributed by atoms with Crippen LogP contribution in [0.5, 0.6) is 0 Å². The van der Waals surface area contributed by atoms with E-state index < -0.39 is 0 Å². The third-order valence-corrected chi connectivity index (χ3v) is 4.51. The molecule has 0 amide bonds. The molecule has 3 nitrogen and oxygen atoms in total. The van der Waals surface area contributed by atoms with Gasteiger partial charge < -0.3 is 4.42 Å². The Bertz CT molecular complexity index is 810. The first kappa shape index (κ1) is 14.3. The second-order valence-electron chi connectivity index (χ2n) is 5.47. The molecule has 0 radical (unpaired) electrons. The number of benzene rings is 2. The Kier molecular flexibility index (Phi) is 3.75. The van der Waals surface area contributed by atoms with Crippen molar-refractivity contribution in [3.05, 3.63) is 88.8 Å². The van der Waals surface area contributed by atoms with E-state index in [0.29, 0.717) is 0 Å². The molecule has 0 saturated heterocycles. The first-order chi connectivity index (χ1) is 11.3. The van der Waals surface area contributed by atoms with Crippen LogP contribution in [0.1, 0.15) is 23.8 Å². The number of rotatable bonds is 3. The first-order valence-corrected chi connectivity index (χ1v) is 8.32. The molecular formula is C19H15BrN2O. The van der Waals surface area contributed by atoms with Crippen molar-refractivity contribution in [3.8, 4) is 0 Å². The van der Waals surface area contributed by atoms with Crippen molar-refractivity contribution < 1.29 is 4.42 Å². The highest BCUT2D eigenvalue weighted by atomic mass is 79.9. The molecule has 1 aliphatic heterocycles. The maximum absolute atomic E-state index is 5.65. The summed E-state index contributed by atoms with van der Waals surface area (Å²) in [6.07, 6.45) is 2.54. The smallest absolute Gasteiger partial charge is 0.128 e. The number of furan rings is 1. The molecule has 4 rings (SSSR count). The van der Waals surface area contributed by atoms with Gasteiger partial charge in [0.1, 0.15) is 11.8 Å². The summed E-state index contributed by atoms with van der Waals surface area (Å²) in [6, 6.07) is 22.5. The lowest BCUT2D eigenvalue weighted by molar-refractivity contribution is 0.465. The van der Waals surface area contributed by atoms with Gasteiger partial charge in [-0.25, -0.2) is 0 Å². The molecular weight excluding hydrogens is 352 g/mol. The number of para-hydroxylation sites is 1. The minimum absolute atomic E-state index is 0.0889. The maximum Gasteiger partial charge on any atom is 0.128 e. The highest BCUT2D eigenvalue weighted by molar-refractivity contribution is 9.10. The standard InChI is InChI=1S/C19H15BrN2O/c20-15-10-8-14(9-11-15)17-13-18(19-7-4-12-23-19)22(21-17)16-5-2-1-3-6-16/h1-12,18H,13H2/t18-/m1/s1. The Labute approximate surface area is 143 Å². The SMILES string of the molecule is Brc1ccc(C2=NN(c3ccccc3)[C@@H](c3ccco3)C2)cc1. The molecule has 2 aromatic carbocycles. The van der Waals surface area contributed by atoms with Gasteiger partial charge in [0.05, 0.1) is 17.7 Å². The largest absolute Gasteiger partial charge is 0.467 e. The lowest BCUT2D eigenvalue weighted by Gasteiger charge is -2.21. The number of anilines is 1. The van der Waals surface area contributed by atoms with E-state index in [4.69, 9.17) is 9.52 Å². The van der Waals surface area contributed by atoms with Gasteiger partial charge in [0.2, 0.25) is 0 Å². The summed E-state index contributed by atoms with van der Waals surface area (Å²) in [4.78, 5) is 0. The Balaban J connectivity index is 1.73. The normalized spacial score (nSPS) is 17.3. The van der Waals surface area contributed by atoms with Crippen molar-refractivity contribution in [1.29, 1.82) is 0 Å². The van der Waals surface area contributed by atoms with E-state index in [-0.39, 0.29) is 6.04 Å². The summed E-state index contributed by atoms with van der Waals surface area (Å²) in [5, 5.41) is 6.92. The predicted molar refractivity (Wildman–Crippen MR) is 95.7 cm³/mol. The van der Waals surface area contributed by atoms with Gasteiger partial charge in [-0.2, -0.15) is 5.10 Å². The number of nitrogens with zero attached hydrogens (tertiary/aromatic N) is 2. The minimum Gasteiger partial charge on any atom is -0.467 e. The lowest BCUT2D eigenvalue weighted by Crippen LogP contribution is -2.17. The summed E-state index contributed by atoms with van der Waals surface area (Å²) in [6.45, 7) is 0. The number of hydrogen-bond donors (Lipinski definition) is 0. The van der Waals surface area contributed by atoms with Crippen LogP contribution in [0, 0.1) is 0 Å². The van der Waals surface area contributed by atoms with Crippen LogP contribution >= 0.6 is 15.9 Å². The van der Waals surface area contributed by atoms with Gasteiger partial charge in [-0.3, -0.25) is 5.01 Å². The van der Waals surface area contributed by atoms with Crippen molar-refractivity contribution in [3.63, 3.8) is 0 Å². The average Bonchev–Trinajstić information content (AvgIpc) is 3.26. The number of hydrogen-bond acceptors (Lipinski definition) is 3. The highest BCUT2D eigenvalue weighted by Crippen LogP contribution is 2.36. The molecule has 1 atom stereocenters. The quantitative estimate of drug-likeness (QED) is 0.620. The van der Waals surface area contributed by atoms with Crippen LogP contribution in [0.2, 0.25) is 0 Å². The van der Waals surface area contributed by atoms with Crippen molar-refractivity contribution in [2.24, 2.45) is 5.10 Å². The minimum atomic E-state index is 0.0889. The molecule has 0 unspecified atom stereocenters. The van der Waals surface area contributed by atoms with Crippen LogP contribution in [-0.2, 0) is 0 Å². The monoisotopic (exact) mass is 366 g/mol. The molecule has 0 aliphatic carbocycles. The summed E-state index contributed by atoms with van der Waals surface area (Å²) >= 11 is 3.48. The summed E-state index contributed by atoms with van der Waals surface area (Å²) < 4.78 is 6.72. The van der Waals surface area contributed by atoms with Gasteiger partial charge in [0, 0.05) is 10.9 Å². The summed E-state index contributed by atoms with van der Waals surface area (Å²) in [7, 11) is 0.